The minimum atomic E-state index is 0.635. The molecule has 3 rings (SSSR count). The number of thioether (sulfide) groups is 1. The second-order valence-electron chi connectivity index (χ2n) is 4.67. The predicted molar refractivity (Wildman–Crippen MR) is 72.1 cm³/mol. The van der Waals surface area contributed by atoms with E-state index in [0.717, 1.165) is 24.2 Å². The highest BCUT2D eigenvalue weighted by Gasteiger charge is 2.18. The monoisotopic (exact) mass is 261 g/mol. The first-order valence-electron chi connectivity index (χ1n) is 6.24. The maximum atomic E-state index is 11.1. The fourth-order valence-electron chi connectivity index (χ4n) is 2.48. The van der Waals surface area contributed by atoms with Gasteiger partial charge in [0.25, 0.3) is 0 Å². The van der Waals surface area contributed by atoms with Crippen molar-refractivity contribution in [1.29, 1.82) is 0 Å². The van der Waals surface area contributed by atoms with Gasteiger partial charge in [-0.1, -0.05) is 6.07 Å². The molecule has 1 atom stereocenters. The molecule has 0 aromatic carbocycles. The van der Waals surface area contributed by atoms with Crippen LogP contribution in [0.15, 0.2) is 18.2 Å². The molecule has 0 bridgehead atoms. The van der Waals surface area contributed by atoms with E-state index >= 15 is 0 Å². The van der Waals surface area contributed by atoms with Crippen molar-refractivity contribution in [2.24, 2.45) is 5.92 Å². The number of hydrogen-bond acceptors (Lipinski definition) is 4. The molecule has 3 heterocycles. The molecule has 1 aliphatic heterocycles. The zero-order chi connectivity index (χ0) is 12.4. The van der Waals surface area contributed by atoms with E-state index in [4.69, 9.17) is 0 Å². The van der Waals surface area contributed by atoms with Crippen LogP contribution in [0, 0.1) is 5.92 Å². The van der Waals surface area contributed by atoms with Crippen LogP contribution in [0.1, 0.15) is 29.2 Å². The summed E-state index contributed by atoms with van der Waals surface area (Å²) in [5.41, 5.74) is 1.40. The summed E-state index contributed by atoms with van der Waals surface area (Å²) in [4.78, 5) is 11.1. The summed E-state index contributed by atoms with van der Waals surface area (Å²) in [5, 5.41) is 8.38. The van der Waals surface area contributed by atoms with Crippen LogP contribution >= 0.6 is 11.8 Å². The molecule has 1 unspecified atom stereocenters. The number of hydrogen-bond donors (Lipinski definition) is 0. The molecule has 0 amide bonds. The molecule has 5 heteroatoms. The minimum Gasteiger partial charge on any atom is -0.296 e. The molecule has 2 aromatic rings. The van der Waals surface area contributed by atoms with Gasteiger partial charge in [-0.15, -0.1) is 10.2 Å². The Morgan fingerprint density at radius 1 is 1.44 bits per heavy atom. The maximum absolute atomic E-state index is 11.1. The molecule has 1 fully saturated rings. The number of aldehydes is 1. The summed E-state index contributed by atoms with van der Waals surface area (Å²) in [6.45, 7) is 0. The zero-order valence-corrected chi connectivity index (χ0v) is 10.9. The van der Waals surface area contributed by atoms with Gasteiger partial charge in [-0.25, -0.2) is 0 Å². The van der Waals surface area contributed by atoms with Crippen LogP contribution in [-0.4, -0.2) is 32.4 Å². The van der Waals surface area contributed by atoms with Crippen molar-refractivity contribution >= 4 is 23.7 Å². The second-order valence-corrected chi connectivity index (χ2v) is 5.82. The Hall–Kier alpha value is -1.36. The van der Waals surface area contributed by atoms with Gasteiger partial charge in [0.2, 0.25) is 0 Å². The molecule has 0 N–H and O–H groups in total. The summed E-state index contributed by atoms with van der Waals surface area (Å²) in [7, 11) is 0. The van der Waals surface area contributed by atoms with Gasteiger partial charge < -0.3 is 0 Å². The van der Waals surface area contributed by atoms with Gasteiger partial charge in [-0.3, -0.25) is 9.20 Å². The molecule has 18 heavy (non-hydrogen) atoms. The quantitative estimate of drug-likeness (QED) is 0.795. The van der Waals surface area contributed by atoms with Crippen LogP contribution in [0.4, 0.5) is 0 Å². The van der Waals surface area contributed by atoms with E-state index in [-0.39, 0.29) is 0 Å². The summed E-state index contributed by atoms with van der Waals surface area (Å²) < 4.78 is 1.88. The standard InChI is InChI=1S/C13H15N3OS/c17-8-11-4-1-5-12-14-15-13(16(11)12)7-10-3-2-6-18-9-10/h1,4-5,8,10H,2-3,6-7,9H2. The van der Waals surface area contributed by atoms with E-state index in [1.54, 1.807) is 0 Å². The van der Waals surface area contributed by atoms with Gasteiger partial charge in [0.05, 0.1) is 5.69 Å². The number of carbonyl (C=O) groups excluding carboxylic acids is 1. The van der Waals surface area contributed by atoms with Crippen molar-refractivity contribution in [2.45, 2.75) is 19.3 Å². The summed E-state index contributed by atoms with van der Waals surface area (Å²) in [5.74, 6) is 4.05. The molecule has 1 saturated heterocycles. The second kappa shape index (κ2) is 5.10. The van der Waals surface area contributed by atoms with Crippen LogP contribution < -0.4 is 0 Å². The molecule has 0 spiro atoms. The largest absolute Gasteiger partial charge is 0.296 e. The van der Waals surface area contributed by atoms with Crippen molar-refractivity contribution < 1.29 is 4.79 Å². The van der Waals surface area contributed by atoms with Crippen molar-refractivity contribution in [3.05, 3.63) is 29.7 Å². The fraction of sp³-hybridized carbons (Fsp3) is 0.462. The Morgan fingerprint density at radius 3 is 3.17 bits per heavy atom. The third kappa shape index (κ3) is 2.14. The molecule has 94 valence electrons. The topological polar surface area (TPSA) is 47.3 Å². The number of pyridine rings is 1. The highest BCUT2D eigenvalue weighted by Crippen LogP contribution is 2.25. The first-order valence-corrected chi connectivity index (χ1v) is 7.40. The molecular formula is C13H15N3OS. The lowest BCUT2D eigenvalue weighted by Crippen LogP contribution is -2.15. The third-order valence-corrected chi connectivity index (χ3v) is 4.66. The summed E-state index contributed by atoms with van der Waals surface area (Å²) in [6.07, 6.45) is 4.33. The Kier molecular flexibility index (Phi) is 3.32. The highest BCUT2D eigenvalue weighted by molar-refractivity contribution is 7.99. The van der Waals surface area contributed by atoms with Crippen LogP contribution in [0.3, 0.4) is 0 Å². The van der Waals surface area contributed by atoms with Crippen LogP contribution in [0.25, 0.3) is 5.65 Å². The van der Waals surface area contributed by atoms with E-state index < -0.39 is 0 Å². The van der Waals surface area contributed by atoms with E-state index in [1.165, 1.54) is 24.3 Å². The van der Waals surface area contributed by atoms with E-state index in [0.29, 0.717) is 11.6 Å². The van der Waals surface area contributed by atoms with Gasteiger partial charge in [0.1, 0.15) is 5.82 Å². The van der Waals surface area contributed by atoms with Crippen molar-refractivity contribution in [1.82, 2.24) is 14.6 Å². The highest BCUT2D eigenvalue weighted by atomic mass is 32.2. The number of aromatic nitrogens is 3. The SMILES string of the molecule is O=Cc1cccc2nnc(CC3CCCSC3)n12. The zero-order valence-electron chi connectivity index (χ0n) is 10.1. The third-order valence-electron chi connectivity index (χ3n) is 3.37. The normalized spacial score (nSPS) is 20.1. The molecular weight excluding hydrogens is 246 g/mol. The summed E-state index contributed by atoms with van der Waals surface area (Å²) in [6, 6.07) is 5.54. The van der Waals surface area contributed by atoms with Gasteiger partial charge in [0, 0.05) is 6.42 Å². The predicted octanol–water partition coefficient (Wildman–Crippen LogP) is 2.23. The van der Waals surface area contributed by atoms with E-state index in [2.05, 4.69) is 10.2 Å². The molecule has 0 aliphatic carbocycles. The Balaban J connectivity index is 1.93. The minimum absolute atomic E-state index is 0.635. The van der Waals surface area contributed by atoms with Gasteiger partial charge in [-0.05, 0) is 42.4 Å². The molecule has 0 saturated carbocycles. The summed E-state index contributed by atoms with van der Waals surface area (Å²) >= 11 is 2.01. The van der Waals surface area contributed by atoms with Crippen molar-refractivity contribution in [3.63, 3.8) is 0 Å². The fourth-order valence-corrected chi connectivity index (χ4v) is 3.63. The Labute approximate surface area is 110 Å². The number of rotatable bonds is 3. The van der Waals surface area contributed by atoms with Crippen LogP contribution in [-0.2, 0) is 6.42 Å². The van der Waals surface area contributed by atoms with Crippen molar-refractivity contribution in [3.8, 4) is 0 Å². The first-order chi connectivity index (χ1) is 8.88. The van der Waals surface area contributed by atoms with Gasteiger partial charge in [-0.2, -0.15) is 11.8 Å². The number of carbonyl (C=O) groups is 1. The smallest absolute Gasteiger partial charge is 0.166 e. The molecule has 1 aliphatic rings. The molecule has 2 aromatic heterocycles. The van der Waals surface area contributed by atoms with E-state index in [1.807, 2.05) is 34.4 Å². The maximum Gasteiger partial charge on any atom is 0.166 e. The Bertz CT molecular complexity index is 560. The lowest BCUT2D eigenvalue weighted by Gasteiger charge is -2.20. The van der Waals surface area contributed by atoms with Crippen LogP contribution in [0.5, 0.6) is 0 Å². The first kappa shape index (κ1) is 11.7. The average Bonchev–Trinajstić information content (AvgIpc) is 2.83. The number of nitrogens with zero attached hydrogens (tertiary/aromatic N) is 3. The van der Waals surface area contributed by atoms with Crippen molar-refractivity contribution in [2.75, 3.05) is 11.5 Å². The molecule has 0 radical (unpaired) electrons. The van der Waals surface area contributed by atoms with Crippen LogP contribution in [0.2, 0.25) is 0 Å². The van der Waals surface area contributed by atoms with E-state index in [9.17, 15) is 4.79 Å². The lowest BCUT2D eigenvalue weighted by atomic mass is 10.0. The molecule has 4 nitrogen and oxygen atoms in total. The average molecular weight is 261 g/mol. The lowest BCUT2D eigenvalue weighted by molar-refractivity contribution is 0.111. The van der Waals surface area contributed by atoms with Gasteiger partial charge in [0.15, 0.2) is 11.9 Å². The Morgan fingerprint density at radius 2 is 2.39 bits per heavy atom. The van der Waals surface area contributed by atoms with Gasteiger partial charge >= 0.3 is 0 Å². The number of fused-ring (bicyclic) bond motifs is 1.